The van der Waals surface area contributed by atoms with Gasteiger partial charge in [0, 0.05) is 18.3 Å². The van der Waals surface area contributed by atoms with Crippen molar-refractivity contribution in [3.63, 3.8) is 0 Å². The fourth-order valence-corrected chi connectivity index (χ4v) is 3.41. The molecule has 0 radical (unpaired) electrons. The summed E-state index contributed by atoms with van der Waals surface area (Å²) in [5.41, 5.74) is -1.15. The number of hydrogen-bond donors (Lipinski definition) is 1. The molecular formula is C22H15F6N3O3. The second kappa shape index (κ2) is 8.50. The van der Waals surface area contributed by atoms with Crippen molar-refractivity contribution in [2.75, 3.05) is 7.11 Å². The van der Waals surface area contributed by atoms with Crippen LogP contribution in [0.2, 0.25) is 0 Å². The Bertz CT molecular complexity index is 1230. The largest absolute Gasteiger partial charge is 0.472 e. The number of methoxy groups -OCH3 is 1. The first kappa shape index (κ1) is 23.3. The molecule has 0 bridgehead atoms. The molecule has 2 aromatic carbocycles. The van der Waals surface area contributed by atoms with E-state index in [0.717, 1.165) is 0 Å². The average Bonchev–Trinajstić information content (AvgIpc) is 2.80. The Morgan fingerprint density at radius 2 is 1.71 bits per heavy atom. The first-order chi connectivity index (χ1) is 16.0. The lowest BCUT2D eigenvalue weighted by Crippen LogP contribution is -2.24. The molecule has 1 N–H and O–H groups in total. The summed E-state index contributed by atoms with van der Waals surface area (Å²) in [4.78, 5) is 20.7. The van der Waals surface area contributed by atoms with Crippen molar-refractivity contribution in [1.82, 2.24) is 15.3 Å². The fourth-order valence-electron chi connectivity index (χ4n) is 3.41. The molecule has 3 aromatic rings. The molecule has 1 aromatic heterocycles. The molecular weight excluding hydrogens is 468 g/mol. The SMILES string of the molecule is COc1ncc2c(n1)OCc1cc(C(=O)NCc3cc(C(F)(F)F)cc(C(F)(F)F)c3)ccc1-2. The Hall–Kier alpha value is -3.83. The number of carbonyl (C=O) groups is 1. The molecule has 1 amide bonds. The highest BCUT2D eigenvalue weighted by Crippen LogP contribution is 2.38. The van der Waals surface area contributed by atoms with E-state index in [2.05, 4.69) is 15.3 Å². The van der Waals surface area contributed by atoms with Gasteiger partial charge in [0.05, 0.1) is 23.8 Å². The van der Waals surface area contributed by atoms with Crippen molar-refractivity contribution in [1.29, 1.82) is 0 Å². The van der Waals surface area contributed by atoms with Gasteiger partial charge < -0.3 is 14.8 Å². The minimum Gasteiger partial charge on any atom is -0.472 e. The summed E-state index contributed by atoms with van der Waals surface area (Å²) < 4.78 is 88.7. The van der Waals surface area contributed by atoms with Crippen LogP contribution in [0.3, 0.4) is 0 Å². The Kier molecular flexibility index (Phi) is 5.84. The van der Waals surface area contributed by atoms with Crippen LogP contribution in [0.15, 0.2) is 42.6 Å². The van der Waals surface area contributed by atoms with E-state index in [1.165, 1.54) is 25.4 Å². The number of halogens is 6. The maximum absolute atomic E-state index is 13.0. The molecule has 1 aliphatic heterocycles. The Morgan fingerprint density at radius 3 is 2.32 bits per heavy atom. The Labute approximate surface area is 188 Å². The molecule has 0 saturated carbocycles. The summed E-state index contributed by atoms with van der Waals surface area (Å²) in [5, 5.41) is 2.36. The van der Waals surface area contributed by atoms with Crippen molar-refractivity contribution in [2.45, 2.75) is 25.5 Å². The van der Waals surface area contributed by atoms with Crippen LogP contribution >= 0.6 is 0 Å². The number of carbonyl (C=O) groups excluding carboxylic acids is 1. The molecule has 0 fully saturated rings. The third-order valence-electron chi connectivity index (χ3n) is 5.04. The van der Waals surface area contributed by atoms with Gasteiger partial charge in [-0.15, -0.1) is 0 Å². The van der Waals surface area contributed by atoms with E-state index < -0.39 is 35.9 Å². The highest BCUT2D eigenvalue weighted by atomic mass is 19.4. The zero-order valence-corrected chi connectivity index (χ0v) is 17.3. The van der Waals surface area contributed by atoms with Crippen molar-refractivity contribution in [3.05, 3.63) is 70.4 Å². The lowest BCUT2D eigenvalue weighted by Gasteiger charge is -2.20. The van der Waals surface area contributed by atoms with Crippen LogP contribution in [0.1, 0.15) is 32.6 Å². The van der Waals surface area contributed by atoms with Crippen LogP contribution in [0.4, 0.5) is 26.3 Å². The third kappa shape index (κ3) is 4.75. The standard InChI is InChI=1S/C22H15F6N3O3/c1-33-20-30-9-17-16-3-2-12(6-13(16)10-34-19(17)31-20)18(32)29-8-11-4-14(21(23,24)25)7-15(5-11)22(26,27)28/h2-7,9H,8,10H2,1H3,(H,29,32). The fraction of sp³-hybridized carbons (Fsp3) is 0.227. The second-order valence-corrected chi connectivity index (χ2v) is 7.33. The van der Waals surface area contributed by atoms with Crippen LogP contribution in [0.5, 0.6) is 11.9 Å². The zero-order valence-electron chi connectivity index (χ0n) is 17.3. The first-order valence-corrected chi connectivity index (χ1v) is 9.69. The van der Waals surface area contributed by atoms with E-state index in [1.807, 2.05) is 0 Å². The van der Waals surface area contributed by atoms with Crippen LogP contribution in [0, 0.1) is 0 Å². The predicted octanol–water partition coefficient (Wildman–Crippen LogP) is 5.01. The number of rotatable bonds is 4. The van der Waals surface area contributed by atoms with E-state index in [1.54, 1.807) is 6.07 Å². The summed E-state index contributed by atoms with van der Waals surface area (Å²) in [5.74, 6) is -0.368. The van der Waals surface area contributed by atoms with Crippen molar-refractivity contribution in [2.24, 2.45) is 0 Å². The zero-order chi connectivity index (χ0) is 24.7. The molecule has 12 heteroatoms. The maximum atomic E-state index is 13.0. The topological polar surface area (TPSA) is 73.3 Å². The van der Waals surface area contributed by atoms with Crippen LogP contribution < -0.4 is 14.8 Å². The second-order valence-electron chi connectivity index (χ2n) is 7.33. The molecule has 178 valence electrons. The van der Waals surface area contributed by atoms with Crippen LogP contribution in [-0.4, -0.2) is 23.0 Å². The van der Waals surface area contributed by atoms with E-state index in [0.29, 0.717) is 34.7 Å². The van der Waals surface area contributed by atoms with Gasteiger partial charge in [-0.3, -0.25) is 4.79 Å². The van der Waals surface area contributed by atoms with Gasteiger partial charge >= 0.3 is 18.4 Å². The van der Waals surface area contributed by atoms with Gasteiger partial charge in [0.1, 0.15) is 6.61 Å². The monoisotopic (exact) mass is 483 g/mol. The smallest absolute Gasteiger partial charge is 0.416 e. The minimum atomic E-state index is -4.97. The number of aromatic nitrogens is 2. The van der Waals surface area contributed by atoms with Crippen LogP contribution in [0.25, 0.3) is 11.1 Å². The normalized spacial score (nSPS) is 12.9. The van der Waals surface area contributed by atoms with Crippen molar-refractivity contribution >= 4 is 5.91 Å². The average molecular weight is 483 g/mol. The van der Waals surface area contributed by atoms with E-state index >= 15 is 0 Å². The minimum absolute atomic E-state index is 0.0337. The summed E-state index contributed by atoms with van der Waals surface area (Å²) in [6.07, 6.45) is -8.43. The lowest BCUT2D eigenvalue weighted by molar-refractivity contribution is -0.143. The molecule has 0 saturated heterocycles. The summed E-state index contributed by atoms with van der Waals surface area (Å²) in [6, 6.07) is 5.93. The molecule has 1 aliphatic rings. The number of nitrogens with one attached hydrogen (secondary N) is 1. The third-order valence-corrected chi connectivity index (χ3v) is 5.04. The van der Waals surface area contributed by atoms with Gasteiger partial charge in [0.25, 0.3) is 5.91 Å². The first-order valence-electron chi connectivity index (χ1n) is 9.69. The number of ether oxygens (including phenoxy) is 2. The molecule has 6 nitrogen and oxygen atoms in total. The van der Waals surface area contributed by atoms with E-state index in [4.69, 9.17) is 9.47 Å². The molecule has 0 spiro atoms. The van der Waals surface area contributed by atoms with Crippen molar-refractivity contribution in [3.8, 4) is 23.0 Å². The molecule has 34 heavy (non-hydrogen) atoms. The molecule has 0 aliphatic carbocycles. The number of amides is 1. The molecule has 2 heterocycles. The van der Waals surface area contributed by atoms with E-state index in [9.17, 15) is 31.1 Å². The quantitative estimate of drug-likeness (QED) is 0.528. The number of hydrogen-bond acceptors (Lipinski definition) is 5. The Balaban J connectivity index is 1.54. The van der Waals surface area contributed by atoms with Gasteiger partial charge in [-0.25, -0.2) is 4.98 Å². The lowest BCUT2D eigenvalue weighted by atomic mass is 9.97. The number of alkyl halides is 6. The van der Waals surface area contributed by atoms with Gasteiger partial charge in [0.2, 0.25) is 5.88 Å². The highest BCUT2D eigenvalue weighted by molar-refractivity contribution is 5.95. The summed E-state index contributed by atoms with van der Waals surface area (Å²) >= 11 is 0. The summed E-state index contributed by atoms with van der Waals surface area (Å²) in [6.45, 7) is -0.442. The number of fused-ring (bicyclic) bond motifs is 3. The van der Waals surface area contributed by atoms with Gasteiger partial charge in [-0.2, -0.15) is 31.3 Å². The van der Waals surface area contributed by atoms with Gasteiger partial charge in [-0.1, -0.05) is 6.07 Å². The molecule has 0 unspecified atom stereocenters. The molecule has 4 rings (SSSR count). The van der Waals surface area contributed by atoms with Crippen LogP contribution in [-0.2, 0) is 25.5 Å². The number of nitrogens with zero attached hydrogens (tertiary/aromatic N) is 2. The van der Waals surface area contributed by atoms with Gasteiger partial charge in [0.15, 0.2) is 0 Å². The Morgan fingerprint density at radius 1 is 1.03 bits per heavy atom. The number of benzene rings is 2. The highest BCUT2D eigenvalue weighted by Gasteiger charge is 2.36. The summed E-state index contributed by atoms with van der Waals surface area (Å²) in [7, 11) is 1.41. The van der Waals surface area contributed by atoms with Gasteiger partial charge in [-0.05, 0) is 47.0 Å². The molecule has 0 atom stereocenters. The maximum Gasteiger partial charge on any atom is 0.416 e. The van der Waals surface area contributed by atoms with Crippen molar-refractivity contribution < 1.29 is 40.6 Å². The van der Waals surface area contributed by atoms with E-state index in [-0.39, 0.29) is 29.8 Å². The predicted molar refractivity (Wildman–Crippen MR) is 106 cm³/mol.